The second-order valence-corrected chi connectivity index (χ2v) is 5.35. The molecule has 1 aromatic carbocycles. The van der Waals surface area contributed by atoms with Crippen LogP contribution in [0.25, 0.3) is 0 Å². The van der Waals surface area contributed by atoms with Crippen LogP contribution in [0.1, 0.15) is 37.3 Å². The Morgan fingerprint density at radius 1 is 1.22 bits per heavy atom. The molecule has 1 aromatic rings. The van der Waals surface area contributed by atoms with Crippen molar-refractivity contribution in [2.45, 2.75) is 39.0 Å². The molecule has 3 heteroatoms. The molecule has 1 N–H and O–H groups in total. The van der Waals surface area contributed by atoms with E-state index in [0.29, 0.717) is 0 Å². The largest absolute Gasteiger partial charge is 0.493 e. The first kappa shape index (κ1) is 11.6. The van der Waals surface area contributed by atoms with Crippen molar-refractivity contribution in [3.8, 4) is 5.75 Å². The Labute approximate surface area is 108 Å². The summed E-state index contributed by atoms with van der Waals surface area (Å²) in [5, 5.41) is 3.05. The van der Waals surface area contributed by atoms with E-state index in [2.05, 4.69) is 17.4 Å². The van der Waals surface area contributed by atoms with E-state index >= 15 is 0 Å². The molecule has 0 saturated carbocycles. The van der Waals surface area contributed by atoms with Crippen molar-refractivity contribution < 1.29 is 9.53 Å². The summed E-state index contributed by atoms with van der Waals surface area (Å²) in [4.78, 5) is 11.9. The molecule has 1 amide bonds. The molecule has 0 aromatic heterocycles. The minimum atomic E-state index is 0.0955. The zero-order chi connectivity index (χ0) is 12.5. The minimum absolute atomic E-state index is 0.0955. The SMILES string of the molecule is CC1CCc2cc3c(cc2NC1=O)CCCCO3. The number of ether oxygens (including phenoxy) is 1. The highest BCUT2D eigenvalue weighted by Gasteiger charge is 2.21. The van der Waals surface area contributed by atoms with Gasteiger partial charge in [0.05, 0.1) is 6.61 Å². The number of hydrogen-bond donors (Lipinski definition) is 1. The Hall–Kier alpha value is -1.51. The van der Waals surface area contributed by atoms with E-state index in [9.17, 15) is 4.79 Å². The first-order valence-corrected chi connectivity index (χ1v) is 6.83. The van der Waals surface area contributed by atoms with Crippen molar-refractivity contribution in [1.29, 1.82) is 0 Å². The Bertz CT molecular complexity index is 482. The molecule has 0 aliphatic carbocycles. The van der Waals surface area contributed by atoms with E-state index in [0.717, 1.165) is 50.1 Å². The molecular weight excluding hydrogens is 226 g/mol. The van der Waals surface area contributed by atoms with Crippen LogP contribution in [0.3, 0.4) is 0 Å². The number of fused-ring (bicyclic) bond motifs is 2. The number of rotatable bonds is 0. The number of hydrogen-bond acceptors (Lipinski definition) is 2. The summed E-state index contributed by atoms with van der Waals surface area (Å²) in [6.45, 7) is 2.80. The first-order chi connectivity index (χ1) is 8.74. The average molecular weight is 245 g/mol. The fraction of sp³-hybridized carbons (Fsp3) is 0.533. The summed E-state index contributed by atoms with van der Waals surface area (Å²) in [6.07, 6.45) is 5.19. The van der Waals surface area contributed by atoms with Gasteiger partial charge in [-0.25, -0.2) is 0 Å². The second-order valence-electron chi connectivity index (χ2n) is 5.35. The third-order valence-electron chi connectivity index (χ3n) is 3.94. The Kier molecular flexibility index (Phi) is 2.98. The normalized spacial score (nSPS) is 22.9. The van der Waals surface area contributed by atoms with E-state index < -0.39 is 0 Å². The first-order valence-electron chi connectivity index (χ1n) is 6.83. The number of carbonyl (C=O) groups excluding carboxylic acids is 1. The number of nitrogens with one attached hydrogen (secondary N) is 1. The number of amides is 1. The molecule has 18 heavy (non-hydrogen) atoms. The molecular formula is C15H19NO2. The van der Waals surface area contributed by atoms with E-state index in [1.165, 1.54) is 11.1 Å². The summed E-state index contributed by atoms with van der Waals surface area (Å²) in [7, 11) is 0. The van der Waals surface area contributed by atoms with Crippen LogP contribution in [0.15, 0.2) is 12.1 Å². The summed E-state index contributed by atoms with van der Waals surface area (Å²) in [5.41, 5.74) is 3.45. The van der Waals surface area contributed by atoms with Crippen LogP contribution in [0.2, 0.25) is 0 Å². The van der Waals surface area contributed by atoms with Gasteiger partial charge in [-0.2, -0.15) is 0 Å². The lowest BCUT2D eigenvalue weighted by Crippen LogP contribution is -2.18. The monoisotopic (exact) mass is 245 g/mol. The van der Waals surface area contributed by atoms with Crippen LogP contribution < -0.4 is 10.1 Å². The predicted octanol–water partition coefficient (Wildman–Crippen LogP) is 2.92. The third kappa shape index (κ3) is 2.09. The van der Waals surface area contributed by atoms with Gasteiger partial charge in [0.1, 0.15) is 5.75 Å². The molecule has 3 rings (SSSR count). The van der Waals surface area contributed by atoms with Crippen molar-refractivity contribution in [2.24, 2.45) is 5.92 Å². The molecule has 3 nitrogen and oxygen atoms in total. The molecule has 0 spiro atoms. The summed E-state index contributed by atoms with van der Waals surface area (Å²) in [6, 6.07) is 4.25. The van der Waals surface area contributed by atoms with Crippen molar-refractivity contribution in [2.75, 3.05) is 11.9 Å². The van der Waals surface area contributed by atoms with Crippen LogP contribution in [0, 0.1) is 5.92 Å². The molecule has 96 valence electrons. The van der Waals surface area contributed by atoms with Gasteiger partial charge in [-0.05, 0) is 55.4 Å². The standard InChI is InChI=1S/C15H19NO2/c1-10-5-6-11-9-14-12(4-2-3-7-18-14)8-13(11)16-15(10)17/h8-10H,2-7H2,1H3,(H,16,17). The van der Waals surface area contributed by atoms with Crippen LogP contribution in [0.4, 0.5) is 5.69 Å². The molecule has 1 unspecified atom stereocenters. The van der Waals surface area contributed by atoms with Gasteiger partial charge >= 0.3 is 0 Å². The van der Waals surface area contributed by atoms with E-state index in [4.69, 9.17) is 4.74 Å². The maximum absolute atomic E-state index is 11.9. The summed E-state index contributed by atoms with van der Waals surface area (Å²) in [5.74, 6) is 1.26. The predicted molar refractivity (Wildman–Crippen MR) is 71.0 cm³/mol. The fourth-order valence-electron chi connectivity index (χ4n) is 2.68. The summed E-state index contributed by atoms with van der Waals surface area (Å²) < 4.78 is 5.80. The molecule has 2 heterocycles. The van der Waals surface area contributed by atoms with Crippen molar-refractivity contribution >= 4 is 11.6 Å². The van der Waals surface area contributed by atoms with Gasteiger partial charge in [-0.15, -0.1) is 0 Å². The third-order valence-corrected chi connectivity index (χ3v) is 3.94. The van der Waals surface area contributed by atoms with Crippen molar-refractivity contribution in [3.05, 3.63) is 23.3 Å². The molecule has 2 aliphatic rings. The maximum atomic E-state index is 11.9. The average Bonchev–Trinajstić information content (AvgIpc) is 2.66. The minimum Gasteiger partial charge on any atom is -0.493 e. The van der Waals surface area contributed by atoms with Crippen LogP contribution in [-0.2, 0) is 17.6 Å². The highest BCUT2D eigenvalue weighted by molar-refractivity contribution is 5.94. The highest BCUT2D eigenvalue weighted by Crippen LogP contribution is 2.33. The second kappa shape index (κ2) is 4.63. The van der Waals surface area contributed by atoms with Crippen LogP contribution in [0.5, 0.6) is 5.75 Å². The molecule has 0 saturated heterocycles. The molecule has 0 radical (unpaired) electrons. The van der Waals surface area contributed by atoms with Gasteiger partial charge in [-0.3, -0.25) is 4.79 Å². The molecule has 0 bridgehead atoms. The van der Waals surface area contributed by atoms with Gasteiger partial charge in [0, 0.05) is 11.6 Å². The number of anilines is 1. The summed E-state index contributed by atoms with van der Waals surface area (Å²) >= 11 is 0. The zero-order valence-corrected chi connectivity index (χ0v) is 10.8. The van der Waals surface area contributed by atoms with Crippen LogP contribution >= 0.6 is 0 Å². The van der Waals surface area contributed by atoms with Gasteiger partial charge < -0.3 is 10.1 Å². The van der Waals surface area contributed by atoms with Crippen molar-refractivity contribution in [1.82, 2.24) is 0 Å². The van der Waals surface area contributed by atoms with E-state index in [1.807, 2.05) is 6.92 Å². The van der Waals surface area contributed by atoms with Crippen molar-refractivity contribution in [3.63, 3.8) is 0 Å². The van der Waals surface area contributed by atoms with Crippen LogP contribution in [-0.4, -0.2) is 12.5 Å². The maximum Gasteiger partial charge on any atom is 0.227 e. The van der Waals surface area contributed by atoms with E-state index in [-0.39, 0.29) is 11.8 Å². The lowest BCUT2D eigenvalue weighted by Gasteiger charge is -2.13. The van der Waals surface area contributed by atoms with Gasteiger partial charge in [0.2, 0.25) is 5.91 Å². The lowest BCUT2D eigenvalue weighted by molar-refractivity contribution is -0.119. The highest BCUT2D eigenvalue weighted by atomic mass is 16.5. The Morgan fingerprint density at radius 3 is 3.00 bits per heavy atom. The zero-order valence-electron chi connectivity index (χ0n) is 10.8. The van der Waals surface area contributed by atoms with Gasteiger partial charge in [0.25, 0.3) is 0 Å². The quantitative estimate of drug-likeness (QED) is 0.763. The molecule has 0 fully saturated rings. The van der Waals surface area contributed by atoms with E-state index in [1.54, 1.807) is 0 Å². The fourth-order valence-corrected chi connectivity index (χ4v) is 2.68. The number of benzene rings is 1. The lowest BCUT2D eigenvalue weighted by atomic mass is 9.99. The Morgan fingerprint density at radius 2 is 2.11 bits per heavy atom. The van der Waals surface area contributed by atoms with Gasteiger partial charge in [0.15, 0.2) is 0 Å². The topological polar surface area (TPSA) is 38.3 Å². The van der Waals surface area contributed by atoms with Gasteiger partial charge in [-0.1, -0.05) is 6.92 Å². The molecule has 1 atom stereocenters. The molecule has 2 aliphatic heterocycles. The Balaban J connectivity index is 1.99. The smallest absolute Gasteiger partial charge is 0.227 e. The number of carbonyl (C=O) groups is 1. The number of aryl methyl sites for hydroxylation is 2.